The van der Waals surface area contributed by atoms with E-state index in [4.69, 9.17) is 16.3 Å². The van der Waals surface area contributed by atoms with Crippen molar-refractivity contribution in [3.8, 4) is 11.1 Å². The van der Waals surface area contributed by atoms with E-state index in [0.29, 0.717) is 23.7 Å². The van der Waals surface area contributed by atoms with Crippen molar-refractivity contribution < 1.29 is 13.9 Å². The highest BCUT2D eigenvalue weighted by Crippen LogP contribution is 2.29. The van der Waals surface area contributed by atoms with Gasteiger partial charge in [-0.3, -0.25) is 4.79 Å². The Bertz CT molecular complexity index is 784. The fourth-order valence-electron chi connectivity index (χ4n) is 3.52. The standard InChI is InChI=1S/C21H24ClFN2O2/c1-27-14-21(8-10-24-11-9-21)13-25-20(26)18-7-4-16(12-19(18)23)15-2-5-17(22)6-3-15/h2-7,12,24H,8-11,13-14H2,1H3,(H,25,26). The van der Waals surface area contributed by atoms with Gasteiger partial charge < -0.3 is 15.4 Å². The van der Waals surface area contributed by atoms with Gasteiger partial charge in [0.25, 0.3) is 5.91 Å². The van der Waals surface area contributed by atoms with Crippen LogP contribution in [0.2, 0.25) is 5.02 Å². The fourth-order valence-corrected chi connectivity index (χ4v) is 3.65. The van der Waals surface area contributed by atoms with Crippen LogP contribution in [0, 0.1) is 11.2 Å². The summed E-state index contributed by atoms with van der Waals surface area (Å²) in [6.45, 7) is 2.83. The molecule has 0 spiro atoms. The molecule has 0 atom stereocenters. The molecule has 3 rings (SSSR count). The second kappa shape index (κ2) is 8.83. The normalized spacial score (nSPS) is 16.1. The second-order valence-electron chi connectivity index (χ2n) is 7.07. The molecule has 2 aromatic carbocycles. The van der Waals surface area contributed by atoms with Crippen LogP contribution < -0.4 is 10.6 Å². The molecule has 2 N–H and O–H groups in total. The Labute approximate surface area is 164 Å². The summed E-state index contributed by atoms with van der Waals surface area (Å²) in [6, 6.07) is 11.8. The van der Waals surface area contributed by atoms with E-state index in [1.165, 1.54) is 12.1 Å². The molecule has 1 saturated heterocycles. The van der Waals surface area contributed by atoms with Crippen LogP contribution in [0.15, 0.2) is 42.5 Å². The van der Waals surface area contributed by atoms with E-state index in [2.05, 4.69) is 10.6 Å². The maximum Gasteiger partial charge on any atom is 0.254 e. The third-order valence-electron chi connectivity index (χ3n) is 5.13. The van der Waals surface area contributed by atoms with Crippen LogP contribution in [0.4, 0.5) is 4.39 Å². The number of benzene rings is 2. The molecular formula is C21H24ClFN2O2. The van der Waals surface area contributed by atoms with Crippen molar-refractivity contribution in [3.63, 3.8) is 0 Å². The van der Waals surface area contributed by atoms with E-state index in [1.807, 2.05) is 12.1 Å². The fraction of sp³-hybridized carbons (Fsp3) is 0.381. The number of carbonyl (C=O) groups is 1. The molecule has 1 aliphatic rings. The molecule has 1 heterocycles. The number of nitrogens with one attached hydrogen (secondary N) is 2. The van der Waals surface area contributed by atoms with Gasteiger partial charge in [-0.1, -0.05) is 29.8 Å². The van der Waals surface area contributed by atoms with E-state index in [9.17, 15) is 9.18 Å². The third-order valence-corrected chi connectivity index (χ3v) is 5.38. The SMILES string of the molecule is COCC1(CNC(=O)c2ccc(-c3ccc(Cl)cc3)cc2F)CCNCC1. The van der Waals surface area contributed by atoms with E-state index in [-0.39, 0.29) is 11.0 Å². The lowest BCUT2D eigenvalue weighted by molar-refractivity contribution is 0.0511. The summed E-state index contributed by atoms with van der Waals surface area (Å²) < 4.78 is 19.9. The molecule has 1 amide bonds. The molecule has 1 aliphatic heterocycles. The molecule has 1 fully saturated rings. The quantitative estimate of drug-likeness (QED) is 0.786. The largest absolute Gasteiger partial charge is 0.384 e. The first-order valence-corrected chi connectivity index (χ1v) is 9.44. The minimum atomic E-state index is -0.536. The molecule has 0 radical (unpaired) electrons. The van der Waals surface area contributed by atoms with Crippen LogP contribution >= 0.6 is 11.6 Å². The van der Waals surface area contributed by atoms with Gasteiger partial charge in [0.05, 0.1) is 12.2 Å². The van der Waals surface area contributed by atoms with Gasteiger partial charge in [0.15, 0.2) is 0 Å². The molecule has 4 nitrogen and oxygen atoms in total. The smallest absolute Gasteiger partial charge is 0.254 e. The van der Waals surface area contributed by atoms with Crippen LogP contribution in [0.1, 0.15) is 23.2 Å². The van der Waals surface area contributed by atoms with Crippen LogP contribution in [0.3, 0.4) is 0 Å². The zero-order valence-corrected chi connectivity index (χ0v) is 16.1. The number of methoxy groups -OCH3 is 1. The van der Waals surface area contributed by atoms with Gasteiger partial charge in [0.2, 0.25) is 0 Å². The minimum Gasteiger partial charge on any atom is -0.384 e. The predicted molar refractivity (Wildman–Crippen MR) is 106 cm³/mol. The summed E-state index contributed by atoms with van der Waals surface area (Å²) in [4.78, 5) is 12.5. The van der Waals surface area contributed by atoms with Gasteiger partial charge in [-0.2, -0.15) is 0 Å². The number of hydrogen-bond acceptors (Lipinski definition) is 3. The number of rotatable bonds is 6. The highest BCUT2D eigenvalue weighted by Gasteiger charge is 2.32. The Balaban J connectivity index is 1.70. The highest BCUT2D eigenvalue weighted by molar-refractivity contribution is 6.30. The molecule has 27 heavy (non-hydrogen) atoms. The van der Waals surface area contributed by atoms with Gasteiger partial charge in [-0.25, -0.2) is 4.39 Å². The van der Waals surface area contributed by atoms with Crippen LogP contribution in [-0.2, 0) is 4.74 Å². The van der Waals surface area contributed by atoms with Gasteiger partial charge in [-0.15, -0.1) is 0 Å². The van der Waals surface area contributed by atoms with E-state index >= 15 is 0 Å². The van der Waals surface area contributed by atoms with Crippen molar-refractivity contribution in [2.75, 3.05) is 33.4 Å². The summed E-state index contributed by atoms with van der Waals surface area (Å²) >= 11 is 5.89. The molecule has 144 valence electrons. The van der Waals surface area contributed by atoms with Crippen LogP contribution in [0.5, 0.6) is 0 Å². The molecular weight excluding hydrogens is 367 g/mol. The van der Waals surface area contributed by atoms with Crippen molar-refractivity contribution in [1.82, 2.24) is 10.6 Å². The maximum atomic E-state index is 14.6. The second-order valence-corrected chi connectivity index (χ2v) is 7.50. The summed E-state index contributed by atoms with van der Waals surface area (Å²) in [6.07, 6.45) is 1.83. The number of piperidine rings is 1. The van der Waals surface area contributed by atoms with Crippen molar-refractivity contribution in [3.05, 3.63) is 58.9 Å². The van der Waals surface area contributed by atoms with Crippen molar-refractivity contribution in [2.45, 2.75) is 12.8 Å². The van der Waals surface area contributed by atoms with E-state index in [0.717, 1.165) is 31.5 Å². The average molecular weight is 391 g/mol. The topological polar surface area (TPSA) is 50.4 Å². The Kier molecular flexibility index (Phi) is 6.47. The van der Waals surface area contributed by atoms with Crippen LogP contribution in [-0.4, -0.2) is 39.3 Å². The van der Waals surface area contributed by atoms with Gasteiger partial charge in [-0.05, 0) is 61.3 Å². The Morgan fingerprint density at radius 1 is 1.19 bits per heavy atom. The van der Waals surface area contributed by atoms with E-state index in [1.54, 1.807) is 25.3 Å². The summed E-state index contributed by atoms with van der Waals surface area (Å²) in [5.41, 5.74) is 1.50. The monoisotopic (exact) mass is 390 g/mol. The number of amides is 1. The van der Waals surface area contributed by atoms with Gasteiger partial charge in [0.1, 0.15) is 5.82 Å². The first-order valence-electron chi connectivity index (χ1n) is 9.06. The Hall–Kier alpha value is -1.95. The molecule has 0 aromatic heterocycles. The lowest BCUT2D eigenvalue weighted by Crippen LogP contribution is -2.47. The highest BCUT2D eigenvalue weighted by atomic mass is 35.5. The Morgan fingerprint density at radius 3 is 2.48 bits per heavy atom. The van der Waals surface area contributed by atoms with Crippen LogP contribution in [0.25, 0.3) is 11.1 Å². The maximum absolute atomic E-state index is 14.6. The van der Waals surface area contributed by atoms with Gasteiger partial charge >= 0.3 is 0 Å². The third kappa shape index (κ3) is 4.86. The first kappa shape index (κ1) is 19.8. The number of halogens is 2. The predicted octanol–water partition coefficient (Wildman–Crippen LogP) is 3.89. The molecule has 6 heteroatoms. The van der Waals surface area contributed by atoms with Crippen molar-refractivity contribution in [1.29, 1.82) is 0 Å². The summed E-state index contributed by atoms with van der Waals surface area (Å²) in [7, 11) is 1.67. The molecule has 0 unspecified atom stereocenters. The van der Waals surface area contributed by atoms with Gasteiger partial charge in [0, 0.05) is 24.1 Å². The lowest BCUT2D eigenvalue weighted by atomic mass is 9.79. The minimum absolute atomic E-state index is 0.0502. The molecule has 0 bridgehead atoms. The lowest BCUT2D eigenvalue weighted by Gasteiger charge is -2.37. The molecule has 0 aliphatic carbocycles. The average Bonchev–Trinajstić information content (AvgIpc) is 2.68. The van der Waals surface area contributed by atoms with Crippen molar-refractivity contribution >= 4 is 17.5 Å². The zero-order valence-electron chi connectivity index (χ0n) is 15.4. The van der Waals surface area contributed by atoms with Crippen molar-refractivity contribution in [2.24, 2.45) is 5.41 Å². The molecule has 2 aromatic rings. The number of ether oxygens (including phenoxy) is 1. The summed E-state index contributed by atoms with van der Waals surface area (Å²) in [5, 5.41) is 6.84. The zero-order chi connectivity index (χ0) is 19.3. The Morgan fingerprint density at radius 2 is 1.85 bits per heavy atom. The summed E-state index contributed by atoms with van der Waals surface area (Å²) in [5.74, 6) is -0.935. The molecule has 0 saturated carbocycles. The van der Waals surface area contributed by atoms with E-state index < -0.39 is 11.7 Å². The number of carbonyl (C=O) groups excluding carboxylic acids is 1. The first-order chi connectivity index (χ1) is 13.0. The number of hydrogen-bond donors (Lipinski definition) is 2.